The summed E-state index contributed by atoms with van der Waals surface area (Å²) in [5.41, 5.74) is 4.98. The van der Waals surface area contributed by atoms with Gasteiger partial charge in [-0.15, -0.1) is 0 Å². The summed E-state index contributed by atoms with van der Waals surface area (Å²) in [6.07, 6.45) is 0.625. The summed E-state index contributed by atoms with van der Waals surface area (Å²) in [5.74, 6) is 1.99. The van der Waals surface area contributed by atoms with E-state index in [1.807, 2.05) is 61.3 Å². The number of anilines is 1. The van der Waals surface area contributed by atoms with Gasteiger partial charge in [-0.3, -0.25) is 4.68 Å². The number of nitrogens with zero attached hydrogens (tertiary/aromatic N) is 5. The van der Waals surface area contributed by atoms with Gasteiger partial charge in [0.2, 0.25) is 0 Å². The maximum absolute atomic E-state index is 12.0. The first-order chi connectivity index (χ1) is 15.3. The zero-order chi connectivity index (χ0) is 22.5. The normalized spacial score (nSPS) is 17.8. The van der Waals surface area contributed by atoms with Crippen LogP contribution >= 0.6 is 11.3 Å². The van der Waals surface area contributed by atoms with E-state index in [1.54, 1.807) is 11.3 Å². The first kappa shape index (κ1) is 21.1. The number of hydrogen-bond acceptors (Lipinski definition) is 7. The Morgan fingerprint density at radius 3 is 2.72 bits per heavy atom. The lowest BCUT2D eigenvalue weighted by molar-refractivity contribution is 0.485. The van der Waals surface area contributed by atoms with Crippen molar-refractivity contribution in [2.75, 3.05) is 23.5 Å². The highest BCUT2D eigenvalue weighted by atomic mass is 32.2. The van der Waals surface area contributed by atoms with Crippen LogP contribution in [0.15, 0.2) is 41.1 Å². The lowest BCUT2D eigenvalue weighted by Crippen LogP contribution is -2.20. The van der Waals surface area contributed by atoms with Gasteiger partial charge in [0.15, 0.2) is 15.7 Å². The topological polar surface area (TPSA) is 81.0 Å². The molecule has 1 unspecified atom stereocenters. The van der Waals surface area contributed by atoms with Gasteiger partial charge in [0.1, 0.15) is 5.82 Å². The van der Waals surface area contributed by atoms with Gasteiger partial charge in [-0.1, -0.05) is 12.1 Å². The van der Waals surface area contributed by atoms with Crippen molar-refractivity contribution in [1.82, 2.24) is 19.7 Å². The lowest BCUT2D eigenvalue weighted by Gasteiger charge is -2.21. The van der Waals surface area contributed by atoms with Crippen LogP contribution in [0.2, 0.25) is 0 Å². The smallest absolute Gasteiger partial charge is 0.162 e. The maximum atomic E-state index is 12.0. The molecule has 1 saturated heterocycles. The Morgan fingerprint density at radius 2 is 2.00 bits per heavy atom. The molecule has 1 aliphatic rings. The Balaban J connectivity index is 1.51. The molecule has 9 heteroatoms. The van der Waals surface area contributed by atoms with Crippen molar-refractivity contribution < 1.29 is 8.42 Å². The molecular weight excluding hydrogens is 442 g/mol. The highest BCUT2D eigenvalue weighted by molar-refractivity contribution is 7.91. The number of rotatable bonds is 5. The monoisotopic (exact) mass is 467 g/mol. The third-order valence-electron chi connectivity index (χ3n) is 6.15. The molecule has 3 aromatic heterocycles. The quantitative estimate of drug-likeness (QED) is 0.438. The molecule has 4 heterocycles. The third kappa shape index (κ3) is 3.80. The van der Waals surface area contributed by atoms with Crippen LogP contribution in [0.5, 0.6) is 0 Å². The van der Waals surface area contributed by atoms with E-state index in [2.05, 4.69) is 10.3 Å². The van der Waals surface area contributed by atoms with Crippen molar-refractivity contribution in [3.05, 3.63) is 58.0 Å². The minimum atomic E-state index is -2.97. The van der Waals surface area contributed by atoms with Crippen LogP contribution in [0, 0.1) is 13.8 Å². The van der Waals surface area contributed by atoms with Crippen molar-refractivity contribution in [2.45, 2.75) is 32.9 Å². The van der Waals surface area contributed by atoms with Crippen LogP contribution < -0.4 is 4.90 Å². The number of aromatic nitrogens is 4. The van der Waals surface area contributed by atoms with E-state index in [9.17, 15) is 8.42 Å². The molecule has 7 nitrogen and oxygen atoms in total. The highest BCUT2D eigenvalue weighted by Gasteiger charge is 2.31. The Morgan fingerprint density at radius 1 is 1.19 bits per heavy atom. The summed E-state index contributed by atoms with van der Waals surface area (Å²) < 4.78 is 25.9. The van der Waals surface area contributed by atoms with Crippen molar-refractivity contribution in [2.24, 2.45) is 0 Å². The molecule has 0 bridgehead atoms. The van der Waals surface area contributed by atoms with Crippen LogP contribution in [0.4, 0.5) is 5.82 Å². The fourth-order valence-electron chi connectivity index (χ4n) is 4.43. The number of para-hydroxylation sites is 1. The first-order valence-corrected chi connectivity index (χ1v) is 13.3. The average molecular weight is 468 g/mol. The molecule has 0 saturated carbocycles. The predicted molar refractivity (Wildman–Crippen MR) is 129 cm³/mol. The van der Waals surface area contributed by atoms with Crippen molar-refractivity contribution in [1.29, 1.82) is 0 Å². The van der Waals surface area contributed by atoms with E-state index in [4.69, 9.17) is 15.1 Å². The van der Waals surface area contributed by atoms with Gasteiger partial charge in [-0.25, -0.2) is 18.4 Å². The SMILES string of the molecule is Cc1nn(C2CCS(=O)(=O)C2)c(C)c1CN(C)c1nc(-c2ccsc2)nc2ccccc12. The zero-order valence-electron chi connectivity index (χ0n) is 18.3. The van der Waals surface area contributed by atoms with Crippen LogP contribution in [0.1, 0.15) is 29.4 Å². The van der Waals surface area contributed by atoms with Crippen LogP contribution in [0.25, 0.3) is 22.3 Å². The summed E-state index contributed by atoms with van der Waals surface area (Å²) in [7, 11) is -0.938. The van der Waals surface area contributed by atoms with E-state index < -0.39 is 9.84 Å². The molecule has 4 aromatic rings. The number of fused-ring (bicyclic) bond motifs is 1. The lowest BCUT2D eigenvalue weighted by atomic mass is 10.1. The minimum absolute atomic E-state index is 0.0807. The van der Waals surface area contributed by atoms with Gasteiger partial charge in [0.25, 0.3) is 0 Å². The Hall–Kier alpha value is -2.78. The fraction of sp³-hybridized carbons (Fsp3) is 0.348. The molecule has 0 spiro atoms. The summed E-state index contributed by atoms with van der Waals surface area (Å²) in [6.45, 7) is 4.65. The minimum Gasteiger partial charge on any atom is -0.355 e. The molecule has 0 radical (unpaired) electrons. The number of sulfone groups is 1. The number of benzene rings is 1. The van der Waals surface area contributed by atoms with E-state index in [-0.39, 0.29) is 17.5 Å². The average Bonchev–Trinajstić information content (AvgIpc) is 3.49. The Labute approximate surface area is 191 Å². The second-order valence-corrected chi connectivity index (χ2v) is 11.4. The molecular formula is C23H25N5O2S2. The number of hydrogen-bond donors (Lipinski definition) is 0. The molecule has 5 rings (SSSR count). The molecule has 1 aromatic carbocycles. The van der Waals surface area contributed by atoms with Gasteiger partial charge < -0.3 is 4.90 Å². The van der Waals surface area contributed by atoms with Crippen molar-refractivity contribution in [3.63, 3.8) is 0 Å². The summed E-state index contributed by atoms with van der Waals surface area (Å²) in [6, 6.07) is 10.0. The highest BCUT2D eigenvalue weighted by Crippen LogP contribution is 2.31. The number of aryl methyl sites for hydroxylation is 1. The van der Waals surface area contributed by atoms with Gasteiger partial charge in [-0.05, 0) is 43.8 Å². The molecule has 0 aliphatic carbocycles. The second kappa shape index (κ2) is 7.97. The van der Waals surface area contributed by atoms with Gasteiger partial charge in [-0.2, -0.15) is 16.4 Å². The maximum Gasteiger partial charge on any atom is 0.162 e. The summed E-state index contributed by atoms with van der Waals surface area (Å²) >= 11 is 1.63. The second-order valence-electron chi connectivity index (χ2n) is 8.41. The predicted octanol–water partition coefficient (Wildman–Crippen LogP) is 4.17. The van der Waals surface area contributed by atoms with Crippen LogP contribution in [0.3, 0.4) is 0 Å². The van der Waals surface area contributed by atoms with Gasteiger partial charge >= 0.3 is 0 Å². The fourth-order valence-corrected chi connectivity index (χ4v) is 6.76. The van der Waals surface area contributed by atoms with Crippen LogP contribution in [-0.2, 0) is 16.4 Å². The summed E-state index contributed by atoms with van der Waals surface area (Å²) in [5, 5.41) is 9.80. The van der Waals surface area contributed by atoms with Gasteiger partial charge in [0.05, 0.1) is 28.8 Å². The standard InChI is InChI=1S/C23H25N5O2S2/c1-15-20(16(2)28(26-15)18-9-11-32(29,30)14-18)12-27(3)23-19-6-4-5-7-21(19)24-22(25-23)17-8-10-31-13-17/h4-8,10,13,18H,9,11-12,14H2,1-3H3. The van der Waals surface area contributed by atoms with E-state index >= 15 is 0 Å². The number of thiophene rings is 1. The van der Waals surface area contributed by atoms with Gasteiger partial charge in [0, 0.05) is 41.2 Å². The third-order valence-corrected chi connectivity index (χ3v) is 8.58. The molecule has 0 amide bonds. The molecule has 1 fully saturated rings. The Bertz CT molecular complexity index is 1390. The van der Waals surface area contributed by atoms with E-state index in [0.717, 1.165) is 39.2 Å². The first-order valence-electron chi connectivity index (χ1n) is 10.6. The summed E-state index contributed by atoms with van der Waals surface area (Å²) in [4.78, 5) is 11.8. The molecule has 166 valence electrons. The van der Waals surface area contributed by atoms with E-state index in [0.29, 0.717) is 18.8 Å². The van der Waals surface area contributed by atoms with Crippen molar-refractivity contribution >= 4 is 37.9 Å². The van der Waals surface area contributed by atoms with E-state index in [1.165, 1.54) is 0 Å². The Kier molecular flexibility index (Phi) is 5.25. The van der Waals surface area contributed by atoms with Crippen LogP contribution in [-0.4, -0.2) is 46.7 Å². The molecule has 0 N–H and O–H groups in total. The largest absolute Gasteiger partial charge is 0.355 e. The molecule has 1 aliphatic heterocycles. The zero-order valence-corrected chi connectivity index (χ0v) is 19.9. The molecule has 32 heavy (non-hydrogen) atoms. The van der Waals surface area contributed by atoms with Crippen molar-refractivity contribution in [3.8, 4) is 11.4 Å². The molecule has 1 atom stereocenters.